The van der Waals surface area contributed by atoms with Crippen molar-refractivity contribution in [2.45, 2.75) is 39.8 Å². The maximum atomic E-state index is 5.47. The third-order valence-electron chi connectivity index (χ3n) is 3.19. The smallest absolute Gasteiger partial charge is 0.0623 e. The van der Waals surface area contributed by atoms with Gasteiger partial charge in [0.2, 0.25) is 0 Å². The largest absolute Gasteiger partial charge is 0.379 e. The summed E-state index contributed by atoms with van der Waals surface area (Å²) in [5.41, 5.74) is 3.65. The van der Waals surface area contributed by atoms with Crippen LogP contribution < -0.4 is 5.32 Å². The quantitative estimate of drug-likeness (QED) is 0.887. The van der Waals surface area contributed by atoms with Gasteiger partial charge in [-0.15, -0.1) is 0 Å². The van der Waals surface area contributed by atoms with Crippen LogP contribution in [-0.2, 0) is 11.3 Å². The van der Waals surface area contributed by atoms with Crippen molar-refractivity contribution in [2.75, 3.05) is 19.8 Å². The van der Waals surface area contributed by atoms with E-state index in [1.807, 2.05) is 11.6 Å². The number of ether oxygens (including phenoxy) is 1. The van der Waals surface area contributed by atoms with Gasteiger partial charge in [-0.1, -0.05) is 5.57 Å². The molecule has 1 fully saturated rings. The Hall–Kier alpha value is -1.13. The van der Waals surface area contributed by atoms with E-state index in [0.29, 0.717) is 6.04 Å². The first-order valence-corrected chi connectivity index (χ1v) is 6.71. The van der Waals surface area contributed by atoms with Gasteiger partial charge in [0.05, 0.1) is 24.6 Å². The lowest BCUT2D eigenvalue weighted by Gasteiger charge is -2.24. The molecule has 1 saturated heterocycles. The molecule has 4 heteroatoms. The van der Waals surface area contributed by atoms with Crippen LogP contribution in [0.15, 0.2) is 11.6 Å². The topological polar surface area (TPSA) is 39.1 Å². The van der Waals surface area contributed by atoms with E-state index >= 15 is 0 Å². The van der Waals surface area contributed by atoms with E-state index in [0.717, 1.165) is 38.4 Å². The number of nitrogens with zero attached hydrogens (tertiary/aromatic N) is 2. The molecule has 1 aromatic rings. The molecule has 1 unspecified atom stereocenters. The Morgan fingerprint density at radius 2 is 2.50 bits per heavy atom. The van der Waals surface area contributed by atoms with Gasteiger partial charge in [-0.05, 0) is 39.3 Å². The molecule has 0 radical (unpaired) electrons. The fourth-order valence-corrected chi connectivity index (χ4v) is 2.39. The van der Waals surface area contributed by atoms with Gasteiger partial charge >= 0.3 is 0 Å². The highest BCUT2D eigenvalue weighted by atomic mass is 16.5. The summed E-state index contributed by atoms with van der Waals surface area (Å²) in [5, 5.41) is 7.94. The van der Waals surface area contributed by atoms with Crippen molar-refractivity contribution in [1.29, 1.82) is 0 Å². The van der Waals surface area contributed by atoms with Crippen LogP contribution in [0.2, 0.25) is 0 Å². The highest BCUT2D eigenvalue weighted by molar-refractivity contribution is 5.49. The van der Waals surface area contributed by atoms with Crippen LogP contribution in [0.3, 0.4) is 0 Å². The molecule has 1 aromatic heterocycles. The fourth-order valence-electron chi connectivity index (χ4n) is 2.39. The maximum absolute atomic E-state index is 5.47. The van der Waals surface area contributed by atoms with E-state index in [-0.39, 0.29) is 0 Å². The zero-order chi connectivity index (χ0) is 13.0. The monoisotopic (exact) mass is 249 g/mol. The summed E-state index contributed by atoms with van der Waals surface area (Å²) in [7, 11) is 0. The van der Waals surface area contributed by atoms with E-state index in [1.165, 1.54) is 11.3 Å². The molecule has 1 atom stereocenters. The molecule has 1 aliphatic heterocycles. The first-order valence-electron chi connectivity index (χ1n) is 6.71. The molecule has 0 aliphatic carbocycles. The zero-order valence-corrected chi connectivity index (χ0v) is 11.6. The van der Waals surface area contributed by atoms with Crippen molar-refractivity contribution in [3.05, 3.63) is 23.0 Å². The number of aryl methyl sites for hydroxylation is 2. The normalized spacial score (nSPS) is 21.3. The average Bonchev–Trinajstić information content (AvgIpc) is 2.70. The summed E-state index contributed by atoms with van der Waals surface area (Å²) >= 11 is 0. The summed E-state index contributed by atoms with van der Waals surface area (Å²) in [6.07, 6.45) is 3.27. The standard InChI is InChI=1S/C14H23N3O/c1-4-17-14(9-12(3)16-17)8-11(2)7-13-10-18-6-5-15-13/h8-9,13,15H,4-7,10H2,1-3H3/b11-8-. The number of morpholine rings is 1. The molecule has 0 bridgehead atoms. The minimum atomic E-state index is 0.453. The third-order valence-corrected chi connectivity index (χ3v) is 3.19. The molecule has 0 amide bonds. The number of rotatable bonds is 4. The van der Waals surface area contributed by atoms with Crippen molar-refractivity contribution in [3.63, 3.8) is 0 Å². The second kappa shape index (κ2) is 6.16. The van der Waals surface area contributed by atoms with Crippen molar-refractivity contribution < 1.29 is 4.74 Å². The van der Waals surface area contributed by atoms with Gasteiger partial charge in [0.15, 0.2) is 0 Å². The minimum Gasteiger partial charge on any atom is -0.379 e. The van der Waals surface area contributed by atoms with Crippen LogP contribution in [0, 0.1) is 6.92 Å². The van der Waals surface area contributed by atoms with Crippen LogP contribution in [-0.4, -0.2) is 35.6 Å². The highest BCUT2D eigenvalue weighted by Gasteiger charge is 2.13. The lowest BCUT2D eigenvalue weighted by Crippen LogP contribution is -2.41. The van der Waals surface area contributed by atoms with E-state index in [4.69, 9.17) is 4.74 Å². The van der Waals surface area contributed by atoms with Gasteiger partial charge in [-0.2, -0.15) is 5.10 Å². The molecule has 2 heterocycles. The van der Waals surface area contributed by atoms with Crippen LogP contribution in [0.4, 0.5) is 0 Å². The lowest BCUT2D eigenvalue weighted by atomic mass is 10.1. The van der Waals surface area contributed by atoms with Gasteiger partial charge in [0.1, 0.15) is 0 Å². The van der Waals surface area contributed by atoms with Gasteiger partial charge in [0, 0.05) is 19.1 Å². The number of hydrogen-bond donors (Lipinski definition) is 1. The van der Waals surface area contributed by atoms with Crippen LogP contribution in [0.1, 0.15) is 31.7 Å². The Bertz CT molecular complexity index is 417. The highest BCUT2D eigenvalue weighted by Crippen LogP contribution is 2.14. The third kappa shape index (κ3) is 3.43. The summed E-state index contributed by atoms with van der Waals surface area (Å²) in [6, 6.07) is 2.59. The number of hydrogen-bond acceptors (Lipinski definition) is 3. The number of nitrogens with one attached hydrogen (secondary N) is 1. The molecular weight excluding hydrogens is 226 g/mol. The Morgan fingerprint density at radius 1 is 1.67 bits per heavy atom. The van der Waals surface area contributed by atoms with Gasteiger partial charge < -0.3 is 10.1 Å². The molecule has 0 aromatic carbocycles. The molecule has 0 saturated carbocycles. The van der Waals surface area contributed by atoms with Crippen molar-refractivity contribution in [2.24, 2.45) is 0 Å². The van der Waals surface area contributed by atoms with Gasteiger partial charge in [-0.25, -0.2) is 0 Å². The molecular formula is C14H23N3O. The van der Waals surface area contributed by atoms with Gasteiger partial charge in [0.25, 0.3) is 0 Å². The number of aromatic nitrogens is 2. The summed E-state index contributed by atoms with van der Waals surface area (Å²) in [5.74, 6) is 0. The van der Waals surface area contributed by atoms with Crippen molar-refractivity contribution in [3.8, 4) is 0 Å². The summed E-state index contributed by atoms with van der Waals surface area (Å²) < 4.78 is 7.52. The van der Waals surface area contributed by atoms with Crippen LogP contribution >= 0.6 is 0 Å². The predicted molar refractivity (Wildman–Crippen MR) is 73.5 cm³/mol. The molecule has 1 N–H and O–H groups in total. The van der Waals surface area contributed by atoms with E-state index in [1.54, 1.807) is 0 Å². The van der Waals surface area contributed by atoms with Gasteiger partial charge in [-0.3, -0.25) is 4.68 Å². The predicted octanol–water partition coefficient (Wildman–Crippen LogP) is 1.99. The molecule has 2 rings (SSSR count). The maximum Gasteiger partial charge on any atom is 0.0623 e. The zero-order valence-electron chi connectivity index (χ0n) is 11.6. The molecule has 4 nitrogen and oxygen atoms in total. The lowest BCUT2D eigenvalue weighted by molar-refractivity contribution is 0.0771. The fraction of sp³-hybridized carbons (Fsp3) is 0.643. The first kappa shape index (κ1) is 13.3. The summed E-state index contributed by atoms with van der Waals surface area (Å²) in [6.45, 7) is 9.86. The van der Waals surface area contributed by atoms with Crippen LogP contribution in [0.5, 0.6) is 0 Å². The molecule has 100 valence electrons. The second-order valence-corrected chi connectivity index (χ2v) is 4.95. The van der Waals surface area contributed by atoms with E-state index in [2.05, 4.69) is 36.4 Å². The second-order valence-electron chi connectivity index (χ2n) is 4.95. The van der Waals surface area contributed by atoms with E-state index < -0.39 is 0 Å². The SMILES string of the molecule is CCn1nc(C)cc1/C=C(/C)CC1COCCN1. The van der Waals surface area contributed by atoms with Crippen molar-refractivity contribution in [1.82, 2.24) is 15.1 Å². The Kier molecular flexibility index (Phi) is 4.55. The Balaban J connectivity index is 2.02. The molecule has 1 aliphatic rings. The minimum absolute atomic E-state index is 0.453. The molecule has 18 heavy (non-hydrogen) atoms. The summed E-state index contributed by atoms with van der Waals surface area (Å²) in [4.78, 5) is 0. The van der Waals surface area contributed by atoms with E-state index in [9.17, 15) is 0 Å². The van der Waals surface area contributed by atoms with Crippen molar-refractivity contribution >= 4 is 6.08 Å². The average molecular weight is 249 g/mol. The Labute approximate surface area is 109 Å². The first-order chi connectivity index (χ1) is 8.69. The molecule has 0 spiro atoms. The van der Waals surface area contributed by atoms with Crippen LogP contribution in [0.25, 0.3) is 6.08 Å². The Morgan fingerprint density at radius 3 is 3.17 bits per heavy atom.